The third-order valence-electron chi connectivity index (χ3n) is 4.83. The average Bonchev–Trinajstić information content (AvgIpc) is 3.18. The molecule has 1 spiro atoms. The quantitative estimate of drug-likeness (QED) is 0.908. The van der Waals surface area contributed by atoms with Crippen molar-refractivity contribution in [2.75, 3.05) is 13.1 Å². The predicted molar refractivity (Wildman–Crippen MR) is 80.1 cm³/mol. The number of pyridine rings is 1. The van der Waals surface area contributed by atoms with Crippen molar-refractivity contribution >= 4 is 20.8 Å². The Morgan fingerprint density at radius 3 is 2.81 bits per heavy atom. The maximum absolute atomic E-state index is 13.0. The SMILES string of the molecule is NC1CN(S(=O)(=O)c2cccc3cnccc23)CC12CC2. The summed E-state index contributed by atoms with van der Waals surface area (Å²) in [5.74, 6) is 0. The highest BCUT2D eigenvalue weighted by Crippen LogP contribution is 2.53. The fourth-order valence-corrected chi connectivity index (χ4v) is 5.05. The van der Waals surface area contributed by atoms with Crippen LogP contribution in [0.4, 0.5) is 0 Å². The van der Waals surface area contributed by atoms with E-state index in [1.165, 1.54) is 0 Å². The number of nitrogens with two attached hydrogens (primary N) is 1. The van der Waals surface area contributed by atoms with Gasteiger partial charge in [0.25, 0.3) is 0 Å². The molecule has 1 unspecified atom stereocenters. The summed E-state index contributed by atoms with van der Waals surface area (Å²) in [5.41, 5.74) is 6.18. The minimum atomic E-state index is -3.50. The van der Waals surface area contributed by atoms with Crippen LogP contribution in [0.1, 0.15) is 12.8 Å². The normalized spacial score (nSPS) is 24.7. The molecule has 0 bridgehead atoms. The summed E-state index contributed by atoms with van der Waals surface area (Å²) in [6.45, 7) is 0.974. The van der Waals surface area contributed by atoms with Crippen molar-refractivity contribution in [2.45, 2.75) is 23.8 Å². The molecule has 2 aliphatic rings. The van der Waals surface area contributed by atoms with E-state index in [9.17, 15) is 8.42 Å². The third kappa shape index (κ3) is 1.90. The van der Waals surface area contributed by atoms with Gasteiger partial charge in [0.1, 0.15) is 0 Å². The molecule has 4 rings (SSSR count). The van der Waals surface area contributed by atoms with Crippen LogP contribution < -0.4 is 5.73 Å². The molecule has 1 saturated heterocycles. The molecule has 1 aliphatic heterocycles. The van der Waals surface area contributed by atoms with Gasteiger partial charge < -0.3 is 5.73 Å². The van der Waals surface area contributed by atoms with Gasteiger partial charge >= 0.3 is 0 Å². The highest BCUT2D eigenvalue weighted by atomic mass is 32.2. The zero-order valence-electron chi connectivity index (χ0n) is 11.6. The number of hydrogen-bond donors (Lipinski definition) is 1. The lowest BCUT2D eigenvalue weighted by Crippen LogP contribution is -2.32. The first-order chi connectivity index (χ1) is 10.0. The number of fused-ring (bicyclic) bond motifs is 1. The van der Waals surface area contributed by atoms with Gasteiger partial charge in [0.05, 0.1) is 4.90 Å². The minimum absolute atomic E-state index is 0.0380. The second-order valence-corrected chi connectivity index (χ2v) is 8.03. The lowest BCUT2D eigenvalue weighted by Gasteiger charge is -2.17. The summed E-state index contributed by atoms with van der Waals surface area (Å²) in [6.07, 6.45) is 5.39. The minimum Gasteiger partial charge on any atom is -0.326 e. The Bertz CT molecular complexity index is 809. The molecule has 1 aromatic carbocycles. The van der Waals surface area contributed by atoms with Gasteiger partial charge in [-0.3, -0.25) is 4.98 Å². The molecule has 21 heavy (non-hydrogen) atoms. The van der Waals surface area contributed by atoms with Gasteiger partial charge in [-0.15, -0.1) is 0 Å². The van der Waals surface area contributed by atoms with Gasteiger partial charge in [-0.05, 0) is 25.0 Å². The van der Waals surface area contributed by atoms with Gasteiger partial charge in [0, 0.05) is 47.7 Å². The maximum Gasteiger partial charge on any atom is 0.243 e. The molecule has 1 atom stereocenters. The van der Waals surface area contributed by atoms with Crippen molar-refractivity contribution in [3.8, 4) is 0 Å². The molecule has 6 heteroatoms. The van der Waals surface area contributed by atoms with Gasteiger partial charge in [0.2, 0.25) is 10.0 Å². The summed E-state index contributed by atoms with van der Waals surface area (Å²) in [7, 11) is -3.50. The monoisotopic (exact) mass is 303 g/mol. The number of rotatable bonds is 2. The molecule has 0 amide bonds. The lowest BCUT2D eigenvalue weighted by molar-refractivity contribution is 0.449. The molecule has 0 radical (unpaired) electrons. The van der Waals surface area contributed by atoms with Crippen LogP contribution in [0, 0.1) is 5.41 Å². The Hall–Kier alpha value is -1.50. The first-order valence-corrected chi connectivity index (χ1v) is 8.55. The molecule has 1 aliphatic carbocycles. The van der Waals surface area contributed by atoms with E-state index in [1.54, 1.807) is 34.9 Å². The molecular weight excluding hydrogens is 286 g/mol. The van der Waals surface area contributed by atoms with Crippen LogP contribution in [0.3, 0.4) is 0 Å². The second-order valence-electron chi connectivity index (χ2n) is 6.12. The smallest absolute Gasteiger partial charge is 0.243 e. The van der Waals surface area contributed by atoms with E-state index in [0.29, 0.717) is 18.0 Å². The van der Waals surface area contributed by atoms with E-state index in [2.05, 4.69) is 4.98 Å². The average molecular weight is 303 g/mol. The lowest BCUT2D eigenvalue weighted by atomic mass is 10.0. The fourth-order valence-electron chi connectivity index (χ4n) is 3.28. The molecule has 2 N–H and O–H groups in total. The van der Waals surface area contributed by atoms with Crippen molar-refractivity contribution in [3.05, 3.63) is 36.7 Å². The van der Waals surface area contributed by atoms with Crippen LogP contribution in [-0.2, 0) is 10.0 Å². The molecule has 5 nitrogen and oxygen atoms in total. The van der Waals surface area contributed by atoms with Crippen molar-refractivity contribution < 1.29 is 8.42 Å². The molecule has 2 heterocycles. The predicted octanol–water partition coefficient (Wildman–Crippen LogP) is 1.35. The van der Waals surface area contributed by atoms with Crippen LogP contribution in [0.2, 0.25) is 0 Å². The summed E-state index contributed by atoms with van der Waals surface area (Å²) in [6, 6.07) is 7.02. The highest BCUT2D eigenvalue weighted by molar-refractivity contribution is 7.89. The highest BCUT2D eigenvalue weighted by Gasteiger charge is 2.56. The van der Waals surface area contributed by atoms with Gasteiger partial charge in [0.15, 0.2) is 0 Å². The summed E-state index contributed by atoms with van der Waals surface area (Å²) in [4.78, 5) is 4.40. The van der Waals surface area contributed by atoms with E-state index in [1.807, 2.05) is 6.07 Å². The summed E-state index contributed by atoms with van der Waals surface area (Å²) >= 11 is 0. The Morgan fingerprint density at radius 1 is 1.29 bits per heavy atom. The van der Waals surface area contributed by atoms with Crippen molar-refractivity contribution in [1.29, 1.82) is 0 Å². The maximum atomic E-state index is 13.0. The third-order valence-corrected chi connectivity index (χ3v) is 6.70. The van der Waals surface area contributed by atoms with Gasteiger partial charge in [-0.1, -0.05) is 12.1 Å². The molecule has 1 aromatic heterocycles. The standard InChI is InChI=1S/C15H17N3O2S/c16-14-9-18(10-15(14)5-6-15)21(19,20)13-3-1-2-11-8-17-7-4-12(11)13/h1-4,7-8,14H,5-6,9-10,16H2. The van der Waals surface area contributed by atoms with E-state index in [0.717, 1.165) is 23.6 Å². The number of sulfonamides is 1. The first kappa shape index (κ1) is 13.2. The van der Waals surface area contributed by atoms with E-state index >= 15 is 0 Å². The number of benzene rings is 1. The van der Waals surface area contributed by atoms with E-state index in [4.69, 9.17) is 5.73 Å². The van der Waals surface area contributed by atoms with Crippen LogP contribution in [-0.4, -0.2) is 36.8 Å². The molecule has 2 aromatic rings. The van der Waals surface area contributed by atoms with E-state index in [-0.39, 0.29) is 11.5 Å². The molecule has 2 fully saturated rings. The molecular formula is C15H17N3O2S. The number of aromatic nitrogens is 1. The van der Waals surface area contributed by atoms with Crippen LogP contribution in [0.5, 0.6) is 0 Å². The largest absolute Gasteiger partial charge is 0.326 e. The van der Waals surface area contributed by atoms with E-state index < -0.39 is 10.0 Å². The van der Waals surface area contributed by atoms with Crippen molar-refractivity contribution in [1.82, 2.24) is 9.29 Å². The zero-order chi connectivity index (χ0) is 14.7. The molecule has 110 valence electrons. The Labute approximate surface area is 123 Å². The zero-order valence-corrected chi connectivity index (χ0v) is 12.4. The Balaban J connectivity index is 1.81. The molecule has 1 saturated carbocycles. The number of hydrogen-bond acceptors (Lipinski definition) is 4. The topological polar surface area (TPSA) is 76.3 Å². The summed E-state index contributed by atoms with van der Waals surface area (Å²) in [5, 5.41) is 1.56. The second kappa shape index (κ2) is 4.25. The Kier molecular flexibility index (Phi) is 2.67. The fraction of sp³-hybridized carbons (Fsp3) is 0.400. The van der Waals surface area contributed by atoms with Crippen molar-refractivity contribution in [2.24, 2.45) is 11.1 Å². The van der Waals surface area contributed by atoms with Crippen LogP contribution in [0.25, 0.3) is 10.8 Å². The van der Waals surface area contributed by atoms with Crippen LogP contribution >= 0.6 is 0 Å². The van der Waals surface area contributed by atoms with Crippen LogP contribution in [0.15, 0.2) is 41.6 Å². The van der Waals surface area contributed by atoms with Gasteiger partial charge in [-0.2, -0.15) is 4.31 Å². The summed E-state index contributed by atoms with van der Waals surface area (Å²) < 4.78 is 27.5. The number of nitrogens with zero attached hydrogens (tertiary/aromatic N) is 2. The Morgan fingerprint density at radius 2 is 2.10 bits per heavy atom. The van der Waals surface area contributed by atoms with Crippen molar-refractivity contribution in [3.63, 3.8) is 0 Å². The van der Waals surface area contributed by atoms with Gasteiger partial charge in [-0.25, -0.2) is 8.42 Å². The first-order valence-electron chi connectivity index (χ1n) is 7.11.